The molecule has 0 aliphatic heterocycles. The van der Waals surface area contributed by atoms with Gasteiger partial charge in [0.25, 0.3) is 0 Å². The van der Waals surface area contributed by atoms with Crippen molar-refractivity contribution in [3.05, 3.63) is 48.2 Å². The van der Waals surface area contributed by atoms with E-state index in [1.54, 1.807) is 0 Å². The monoisotopic (exact) mass is 274 g/mol. The summed E-state index contributed by atoms with van der Waals surface area (Å²) in [5, 5.41) is 3.64. The molecule has 0 N–H and O–H groups in total. The highest BCUT2D eigenvalue weighted by Gasteiger charge is 2.08. The normalized spacial score (nSPS) is 13.4. The van der Waals surface area contributed by atoms with Gasteiger partial charge < -0.3 is 4.42 Å². The van der Waals surface area contributed by atoms with Crippen LogP contribution in [0.25, 0.3) is 21.7 Å². The summed E-state index contributed by atoms with van der Waals surface area (Å²) in [6.45, 7) is 2.07. The van der Waals surface area contributed by atoms with Gasteiger partial charge in [-0.2, -0.15) is 0 Å². The molecule has 0 bridgehead atoms. The molecule has 80 valence electrons. The zero-order chi connectivity index (χ0) is 11.1. The average Bonchev–Trinajstić information content (AvgIpc) is 2.68. The lowest BCUT2D eigenvalue weighted by molar-refractivity contribution is 0.556. The van der Waals surface area contributed by atoms with Crippen LogP contribution in [-0.2, 0) is 0 Å². The molecule has 2 aromatic carbocycles. The van der Waals surface area contributed by atoms with E-state index in [-0.39, 0.29) is 4.83 Å². The van der Waals surface area contributed by atoms with E-state index in [1.807, 2.05) is 6.07 Å². The summed E-state index contributed by atoms with van der Waals surface area (Å²) in [4.78, 5) is 0.253. The van der Waals surface area contributed by atoms with Crippen LogP contribution in [0, 0.1) is 0 Å². The molecule has 0 aliphatic rings. The Bertz CT molecular complexity index is 599. The minimum Gasteiger partial charge on any atom is -0.460 e. The summed E-state index contributed by atoms with van der Waals surface area (Å²) in [7, 11) is 0. The third kappa shape index (κ3) is 1.54. The van der Waals surface area contributed by atoms with Gasteiger partial charge in [0.1, 0.15) is 11.3 Å². The number of hydrogen-bond acceptors (Lipinski definition) is 1. The molecule has 1 nitrogen and oxygen atoms in total. The van der Waals surface area contributed by atoms with Crippen molar-refractivity contribution in [3.8, 4) is 0 Å². The van der Waals surface area contributed by atoms with Gasteiger partial charge in [0.15, 0.2) is 0 Å². The van der Waals surface area contributed by atoms with Crippen molar-refractivity contribution in [2.75, 3.05) is 0 Å². The van der Waals surface area contributed by atoms with Crippen LogP contribution in [0.4, 0.5) is 0 Å². The number of rotatable bonds is 1. The van der Waals surface area contributed by atoms with Crippen molar-refractivity contribution in [3.63, 3.8) is 0 Å². The highest BCUT2D eigenvalue weighted by Crippen LogP contribution is 2.31. The summed E-state index contributed by atoms with van der Waals surface area (Å²) >= 11 is 3.52. The summed E-state index contributed by atoms with van der Waals surface area (Å²) in [5.74, 6) is 0.977. The van der Waals surface area contributed by atoms with Gasteiger partial charge in [-0.3, -0.25) is 0 Å². The second-order valence-corrected chi connectivity index (χ2v) is 5.38. The molecule has 0 saturated heterocycles. The van der Waals surface area contributed by atoms with E-state index in [0.29, 0.717) is 0 Å². The second-order valence-electron chi connectivity index (χ2n) is 4.00. The molecule has 0 spiro atoms. The van der Waals surface area contributed by atoms with E-state index in [9.17, 15) is 0 Å². The number of hydrogen-bond donors (Lipinski definition) is 0. The zero-order valence-electron chi connectivity index (χ0n) is 8.91. The standard InChI is InChI=1S/C14H11BrO/c1-9(15)13-8-12-6-10-4-2-3-5-11(10)7-14(12)16-13/h2-9H,1H3. The van der Waals surface area contributed by atoms with Crippen LogP contribution in [0.3, 0.4) is 0 Å². The molecule has 2 heteroatoms. The molecule has 3 aromatic rings. The van der Waals surface area contributed by atoms with Gasteiger partial charge in [-0.15, -0.1) is 0 Å². The van der Waals surface area contributed by atoms with E-state index in [4.69, 9.17) is 4.42 Å². The molecule has 0 radical (unpaired) electrons. The molecular formula is C14H11BrO. The lowest BCUT2D eigenvalue weighted by Crippen LogP contribution is -1.74. The maximum Gasteiger partial charge on any atom is 0.134 e. The molecule has 0 fully saturated rings. The van der Waals surface area contributed by atoms with E-state index >= 15 is 0 Å². The average molecular weight is 275 g/mol. The molecule has 3 rings (SSSR count). The first-order valence-electron chi connectivity index (χ1n) is 5.30. The maximum atomic E-state index is 5.79. The summed E-state index contributed by atoms with van der Waals surface area (Å²) in [6, 6.07) is 14.7. The van der Waals surface area contributed by atoms with Crippen molar-refractivity contribution in [2.24, 2.45) is 0 Å². The Labute approximate surface area is 102 Å². The number of furan rings is 1. The minimum absolute atomic E-state index is 0.253. The van der Waals surface area contributed by atoms with E-state index in [0.717, 1.165) is 11.3 Å². The zero-order valence-corrected chi connectivity index (χ0v) is 10.5. The summed E-state index contributed by atoms with van der Waals surface area (Å²) < 4.78 is 5.79. The van der Waals surface area contributed by atoms with Gasteiger partial charge in [0.05, 0.1) is 4.83 Å². The third-order valence-corrected chi connectivity index (χ3v) is 3.25. The van der Waals surface area contributed by atoms with Crippen molar-refractivity contribution < 1.29 is 4.42 Å². The first-order valence-corrected chi connectivity index (χ1v) is 6.22. The van der Waals surface area contributed by atoms with Crippen LogP contribution < -0.4 is 0 Å². The van der Waals surface area contributed by atoms with Gasteiger partial charge in [0.2, 0.25) is 0 Å². The highest BCUT2D eigenvalue weighted by atomic mass is 79.9. The molecule has 0 amide bonds. The van der Waals surface area contributed by atoms with Gasteiger partial charge in [0, 0.05) is 5.39 Å². The predicted octanol–water partition coefficient (Wildman–Crippen LogP) is 5.04. The smallest absolute Gasteiger partial charge is 0.134 e. The van der Waals surface area contributed by atoms with Gasteiger partial charge >= 0.3 is 0 Å². The Kier molecular flexibility index (Phi) is 2.25. The maximum absolute atomic E-state index is 5.79. The fourth-order valence-electron chi connectivity index (χ4n) is 1.94. The highest BCUT2D eigenvalue weighted by molar-refractivity contribution is 9.09. The fraction of sp³-hybridized carbons (Fsp3) is 0.143. The van der Waals surface area contributed by atoms with Crippen LogP contribution >= 0.6 is 15.9 Å². The minimum atomic E-state index is 0.253. The Balaban J connectivity index is 2.34. The first kappa shape index (κ1) is 9.91. The Morgan fingerprint density at radius 3 is 2.38 bits per heavy atom. The van der Waals surface area contributed by atoms with Gasteiger partial charge in [-0.1, -0.05) is 40.2 Å². The van der Waals surface area contributed by atoms with Crippen molar-refractivity contribution in [2.45, 2.75) is 11.8 Å². The molecule has 1 heterocycles. The van der Waals surface area contributed by atoms with Crippen LogP contribution in [0.15, 0.2) is 46.9 Å². The Morgan fingerprint density at radius 2 is 1.69 bits per heavy atom. The first-order chi connectivity index (χ1) is 7.74. The number of alkyl halides is 1. The Morgan fingerprint density at radius 1 is 1.00 bits per heavy atom. The summed E-state index contributed by atoms with van der Waals surface area (Å²) in [6.07, 6.45) is 0. The molecule has 1 aromatic heterocycles. The SMILES string of the molecule is CC(Br)c1cc2cc3ccccc3cc2o1. The lowest BCUT2D eigenvalue weighted by atomic mass is 10.1. The molecular weight excluding hydrogens is 264 g/mol. The molecule has 1 atom stereocenters. The third-order valence-electron chi connectivity index (χ3n) is 2.80. The van der Waals surface area contributed by atoms with E-state index in [1.165, 1.54) is 16.2 Å². The van der Waals surface area contributed by atoms with Crippen molar-refractivity contribution >= 4 is 37.7 Å². The van der Waals surface area contributed by atoms with Crippen molar-refractivity contribution in [1.29, 1.82) is 0 Å². The van der Waals surface area contributed by atoms with Gasteiger partial charge in [-0.05, 0) is 35.9 Å². The number of fused-ring (bicyclic) bond motifs is 2. The molecule has 16 heavy (non-hydrogen) atoms. The quantitative estimate of drug-likeness (QED) is 0.567. The number of benzene rings is 2. The lowest BCUT2D eigenvalue weighted by Gasteiger charge is -1.96. The van der Waals surface area contributed by atoms with Crippen LogP contribution in [0.1, 0.15) is 17.5 Å². The number of halogens is 1. The molecule has 0 aliphatic carbocycles. The van der Waals surface area contributed by atoms with Gasteiger partial charge in [-0.25, -0.2) is 0 Å². The summed E-state index contributed by atoms with van der Waals surface area (Å²) in [5.41, 5.74) is 0.958. The van der Waals surface area contributed by atoms with E-state index in [2.05, 4.69) is 59.3 Å². The molecule has 1 unspecified atom stereocenters. The molecule has 0 saturated carbocycles. The van der Waals surface area contributed by atoms with Crippen molar-refractivity contribution in [1.82, 2.24) is 0 Å². The van der Waals surface area contributed by atoms with Crippen LogP contribution in [0.5, 0.6) is 0 Å². The Hall–Kier alpha value is -1.28. The van der Waals surface area contributed by atoms with Crippen LogP contribution in [0.2, 0.25) is 0 Å². The topological polar surface area (TPSA) is 13.1 Å². The fourth-order valence-corrected chi connectivity index (χ4v) is 2.17. The predicted molar refractivity (Wildman–Crippen MR) is 71.1 cm³/mol. The van der Waals surface area contributed by atoms with E-state index < -0.39 is 0 Å². The van der Waals surface area contributed by atoms with Crippen LogP contribution in [-0.4, -0.2) is 0 Å². The second kappa shape index (κ2) is 3.63. The largest absolute Gasteiger partial charge is 0.460 e.